The van der Waals surface area contributed by atoms with Crippen LogP contribution in [-0.2, 0) is 13.0 Å². The maximum atomic E-state index is 13.2. The quantitative estimate of drug-likeness (QED) is 0.264. The summed E-state index contributed by atoms with van der Waals surface area (Å²) in [5.41, 5.74) is 1.63. The molecule has 0 aliphatic rings. The first-order chi connectivity index (χ1) is 14.5. The third-order valence-electron chi connectivity index (χ3n) is 4.41. The molecule has 0 spiro atoms. The van der Waals surface area contributed by atoms with Crippen LogP contribution >= 0.6 is 22.9 Å². The minimum absolute atomic E-state index is 0.0194. The van der Waals surface area contributed by atoms with E-state index in [2.05, 4.69) is 6.92 Å². The highest BCUT2D eigenvalue weighted by molar-refractivity contribution is 7.14. The summed E-state index contributed by atoms with van der Waals surface area (Å²) in [4.78, 5) is 14.4. The Morgan fingerprint density at radius 1 is 1.13 bits per heavy atom. The number of ketones is 1. The van der Waals surface area contributed by atoms with Gasteiger partial charge >= 0.3 is 0 Å². The molecule has 0 amide bonds. The Labute approximate surface area is 184 Å². The molecule has 0 unspecified atom stereocenters. The van der Waals surface area contributed by atoms with Gasteiger partial charge in [0.2, 0.25) is 0 Å². The van der Waals surface area contributed by atoms with Crippen molar-refractivity contribution in [1.82, 2.24) is 0 Å². The Bertz CT molecular complexity index is 1060. The number of hydrogen-bond donors (Lipinski definition) is 0. The van der Waals surface area contributed by atoms with Gasteiger partial charge in [-0.15, -0.1) is 11.3 Å². The smallest absolute Gasteiger partial charge is 0.195 e. The number of carbonyl (C=O) groups excluding carboxylic acids is 1. The summed E-state index contributed by atoms with van der Waals surface area (Å²) in [6.45, 7) is 2.31. The lowest BCUT2D eigenvalue weighted by Gasteiger charge is -2.12. The number of methoxy groups -OCH3 is 1. The van der Waals surface area contributed by atoms with Crippen molar-refractivity contribution in [1.29, 1.82) is 0 Å². The van der Waals surface area contributed by atoms with Gasteiger partial charge in [-0.25, -0.2) is 4.39 Å². The van der Waals surface area contributed by atoms with Crippen molar-refractivity contribution in [3.63, 3.8) is 0 Å². The second kappa shape index (κ2) is 10.4. The maximum Gasteiger partial charge on any atom is 0.195 e. The number of hydrogen-bond acceptors (Lipinski definition) is 4. The fourth-order valence-corrected chi connectivity index (χ4v) is 4.16. The Morgan fingerprint density at radius 2 is 1.93 bits per heavy atom. The third kappa shape index (κ3) is 5.71. The average molecular weight is 445 g/mol. The highest BCUT2D eigenvalue weighted by Crippen LogP contribution is 2.28. The number of aryl methyl sites for hydroxylation is 1. The van der Waals surface area contributed by atoms with Gasteiger partial charge < -0.3 is 9.47 Å². The molecule has 2 aromatic carbocycles. The van der Waals surface area contributed by atoms with E-state index in [-0.39, 0.29) is 17.4 Å². The van der Waals surface area contributed by atoms with Crippen LogP contribution < -0.4 is 9.47 Å². The van der Waals surface area contributed by atoms with E-state index >= 15 is 0 Å². The van der Waals surface area contributed by atoms with Crippen LogP contribution in [-0.4, -0.2) is 12.9 Å². The van der Waals surface area contributed by atoms with Crippen LogP contribution in [0.5, 0.6) is 11.5 Å². The van der Waals surface area contributed by atoms with Gasteiger partial charge in [0.1, 0.15) is 23.9 Å². The summed E-state index contributed by atoms with van der Waals surface area (Å²) >= 11 is 7.56. The molecule has 0 bridgehead atoms. The molecule has 3 aromatic rings. The van der Waals surface area contributed by atoms with Gasteiger partial charge in [0.15, 0.2) is 5.78 Å². The topological polar surface area (TPSA) is 35.5 Å². The van der Waals surface area contributed by atoms with Gasteiger partial charge in [-0.3, -0.25) is 4.79 Å². The maximum absolute atomic E-state index is 13.2. The van der Waals surface area contributed by atoms with Crippen LogP contribution in [0.2, 0.25) is 5.02 Å². The molecule has 0 saturated heterocycles. The molecule has 0 radical (unpaired) electrons. The molecule has 0 saturated carbocycles. The van der Waals surface area contributed by atoms with Crippen molar-refractivity contribution in [2.75, 3.05) is 7.11 Å². The molecular formula is C24H22ClFO3S. The van der Waals surface area contributed by atoms with Gasteiger partial charge in [0.05, 0.1) is 17.0 Å². The molecule has 3 nitrogen and oxygen atoms in total. The van der Waals surface area contributed by atoms with Crippen molar-refractivity contribution in [2.24, 2.45) is 0 Å². The van der Waals surface area contributed by atoms with Gasteiger partial charge in [0, 0.05) is 10.4 Å². The SMILES string of the molecule is CCCc1ccc(C(=O)/C=C/c2ccc(OC)c(COc3ccc(F)cc3Cl)c2)s1. The van der Waals surface area contributed by atoms with Crippen molar-refractivity contribution in [2.45, 2.75) is 26.4 Å². The van der Waals surface area contributed by atoms with Crippen LogP contribution in [0, 0.1) is 5.82 Å². The predicted octanol–water partition coefficient (Wildman–Crippen LogP) is 6.98. The molecule has 6 heteroatoms. The van der Waals surface area contributed by atoms with E-state index in [1.54, 1.807) is 19.3 Å². The summed E-state index contributed by atoms with van der Waals surface area (Å²) < 4.78 is 24.3. The second-order valence-electron chi connectivity index (χ2n) is 6.65. The van der Waals surface area contributed by atoms with Crippen molar-refractivity contribution < 1.29 is 18.7 Å². The van der Waals surface area contributed by atoms with Crippen LogP contribution in [0.25, 0.3) is 6.08 Å². The van der Waals surface area contributed by atoms with Gasteiger partial charge in [-0.05, 0) is 60.5 Å². The van der Waals surface area contributed by atoms with E-state index in [1.807, 2.05) is 30.3 Å². The monoisotopic (exact) mass is 444 g/mol. The molecular weight excluding hydrogens is 423 g/mol. The zero-order valence-corrected chi connectivity index (χ0v) is 18.4. The molecule has 1 aromatic heterocycles. The first-order valence-electron chi connectivity index (χ1n) is 9.56. The van der Waals surface area contributed by atoms with Crippen molar-refractivity contribution >= 4 is 34.8 Å². The van der Waals surface area contributed by atoms with Crippen LogP contribution in [0.3, 0.4) is 0 Å². The minimum atomic E-state index is -0.422. The van der Waals surface area contributed by atoms with E-state index in [4.69, 9.17) is 21.1 Å². The largest absolute Gasteiger partial charge is 0.496 e. The summed E-state index contributed by atoms with van der Waals surface area (Å²) in [7, 11) is 1.58. The third-order valence-corrected chi connectivity index (χ3v) is 5.86. The zero-order chi connectivity index (χ0) is 21.5. The number of thiophene rings is 1. The van der Waals surface area contributed by atoms with Crippen molar-refractivity contribution in [3.8, 4) is 11.5 Å². The Kier molecular flexibility index (Phi) is 7.66. The molecule has 30 heavy (non-hydrogen) atoms. The number of rotatable bonds is 9. The molecule has 0 fully saturated rings. The van der Waals surface area contributed by atoms with E-state index in [1.165, 1.54) is 34.4 Å². The van der Waals surface area contributed by atoms with Gasteiger partial charge in [-0.2, -0.15) is 0 Å². The molecule has 1 heterocycles. The lowest BCUT2D eigenvalue weighted by Crippen LogP contribution is -2.00. The fourth-order valence-electron chi connectivity index (χ4n) is 2.91. The first-order valence-corrected chi connectivity index (χ1v) is 10.8. The van der Waals surface area contributed by atoms with Crippen LogP contribution in [0.15, 0.2) is 54.6 Å². The normalized spacial score (nSPS) is 11.1. The second-order valence-corrected chi connectivity index (χ2v) is 8.22. The average Bonchev–Trinajstić information content (AvgIpc) is 3.20. The number of halogens is 2. The zero-order valence-electron chi connectivity index (χ0n) is 16.8. The summed E-state index contributed by atoms with van der Waals surface area (Å²) in [5, 5.41) is 0.203. The van der Waals surface area contributed by atoms with E-state index in [0.717, 1.165) is 28.8 Å². The molecule has 0 aliphatic heterocycles. The van der Waals surface area contributed by atoms with E-state index < -0.39 is 5.82 Å². The summed E-state index contributed by atoms with van der Waals surface area (Å²) in [6, 6.07) is 13.4. The lowest BCUT2D eigenvalue weighted by atomic mass is 10.1. The molecule has 0 aliphatic carbocycles. The number of benzene rings is 2. The summed E-state index contributed by atoms with van der Waals surface area (Å²) in [6.07, 6.45) is 5.39. The number of ether oxygens (including phenoxy) is 2. The number of allylic oxidation sites excluding steroid dienone is 1. The molecule has 0 atom stereocenters. The number of carbonyl (C=O) groups is 1. The standard InChI is InChI=1S/C24H22ClFO3S/c1-3-4-19-8-12-24(30-19)21(27)9-5-16-6-10-22(28-2)17(13-16)15-29-23-11-7-18(26)14-20(23)25/h5-14H,3-4,15H2,1-2H3/b9-5+. The molecule has 0 N–H and O–H groups in total. The fraction of sp³-hybridized carbons (Fsp3) is 0.208. The lowest BCUT2D eigenvalue weighted by molar-refractivity contribution is 0.105. The van der Waals surface area contributed by atoms with Gasteiger partial charge in [-0.1, -0.05) is 37.1 Å². The first kappa shape index (κ1) is 22.1. The molecule has 156 valence electrons. The van der Waals surface area contributed by atoms with E-state index in [9.17, 15) is 9.18 Å². The Morgan fingerprint density at radius 3 is 2.67 bits per heavy atom. The molecule has 3 rings (SSSR count). The Hall–Kier alpha value is -2.63. The predicted molar refractivity (Wildman–Crippen MR) is 120 cm³/mol. The minimum Gasteiger partial charge on any atom is -0.496 e. The Balaban J connectivity index is 1.72. The van der Waals surface area contributed by atoms with Gasteiger partial charge in [0.25, 0.3) is 0 Å². The van der Waals surface area contributed by atoms with Crippen molar-refractivity contribution in [3.05, 3.63) is 86.3 Å². The highest BCUT2D eigenvalue weighted by Gasteiger charge is 2.09. The van der Waals surface area contributed by atoms with Crippen LogP contribution in [0.4, 0.5) is 4.39 Å². The summed E-state index contributed by atoms with van der Waals surface area (Å²) in [5.74, 6) is 0.597. The van der Waals surface area contributed by atoms with E-state index in [0.29, 0.717) is 11.5 Å². The van der Waals surface area contributed by atoms with Crippen LogP contribution in [0.1, 0.15) is 39.0 Å². The highest BCUT2D eigenvalue weighted by atomic mass is 35.5.